The van der Waals surface area contributed by atoms with Gasteiger partial charge in [0.15, 0.2) is 5.78 Å². The average molecular weight is 374 g/mol. The summed E-state index contributed by atoms with van der Waals surface area (Å²) in [6.45, 7) is 3.35. The standard InChI is InChI=1S/C24H19FO3/c1-14-7-9-16(10-8-14)24(27)22(15(2)26)23-18-5-3-4-6-20(18)28-21-12-11-17(25)13-19(21)23/h3-13,22-23H,1-2H3/t22-,23+/m1/s1. The molecule has 1 aliphatic heterocycles. The first-order valence-electron chi connectivity index (χ1n) is 9.13. The van der Waals surface area contributed by atoms with Crippen molar-refractivity contribution in [3.63, 3.8) is 0 Å². The van der Waals surface area contributed by atoms with Crippen LogP contribution in [0.1, 0.15) is 39.9 Å². The summed E-state index contributed by atoms with van der Waals surface area (Å²) in [5.74, 6) is -1.50. The van der Waals surface area contributed by atoms with Gasteiger partial charge in [-0.05, 0) is 38.1 Å². The number of para-hydroxylation sites is 1. The van der Waals surface area contributed by atoms with Crippen molar-refractivity contribution in [1.82, 2.24) is 0 Å². The molecule has 4 heteroatoms. The molecular formula is C24H19FO3. The predicted octanol–water partition coefficient (Wildman–Crippen LogP) is 5.46. The quantitative estimate of drug-likeness (QED) is 0.450. The van der Waals surface area contributed by atoms with Crippen molar-refractivity contribution in [2.24, 2.45) is 5.92 Å². The maximum atomic E-state index is 14.1. The van der Waals surface area contributed by atoms with E-state index in [0.29, 0.717) is 28.2 Å². The van der Waals surface area contributed by atoms with Gasteiger partial charge in [0.05, 0.1) is 5.92 Å². The highest BCUT2D eigenvalue weighted by molar-refractivity contribution is 6.11. The molecule has 0 spiro atoms. The van der Waals surface area contributed by atoms with Gasteiger partial charge in [-0.25, -0.2) is 4.39 Å². The van der Waals surface area contributed by atoms with Crippen LogP contribution in [-0.2, 0) is 4.79 Å². The molecule has 1 aliphatic rings. The topological polar surface area (TPSA) is 43.4 Å². The lowest BCUT2D eigenvalue weighted by Gasteiger charge is -2.32. The second-order valence-electron chi connectivity index (χ2n) is 7.12. The molecule has 0 fully saturated rings. The molecule has 0 saturated carbocycles. The Labute approximate surface area is 162 Å². The summed E-state index contributed by atoms with van der Waals surface area (Å²) >= 11 is 0. The molecule has 3 nitrogen and oxygen atoms in total. The van der Waals surface area contributed by atoms with Crippen LogP contribution in [0.2, 0.25) is 0 Å². The van der Waals surface area contributed by atoms with E-state index in [9.17, 15) is 14.0 Å². The number of carbonyl (C=O) groups is 2. The minimum Gasteiger partial charge on any atom is -0.457 e. The first-order valence-corrected chi connectivity index (χ1v) is 9.13. The zero-order chi connectivity index (χ0) is 19.8. The number of ketones is 2. The second-order valence-corrected chi connectivity index (χ2v) is 7.12. The molecule has 0 unspecified atom stereocenters. The molecule has 3 aromatic rings. The lowest BCUT2D eigenvalue weighted by molar-refractivity contribution is -0.119. The van der Waals surface area contributed by atoms with Gasteiger partial charge in [0, 0.05) is 22.6 Å². The third-order valence-corrected chi connectivity index (χ3v) is 5.17. The summed E-state index contributed by atoms with van der Waals surface area (Å²) in [6, 6.07) is 18.6. The molecule has 3 aromatic carbocycles. The van der Waals surface area contributed by atoms with E-state index in [1.54, 1.807) is 24.3 Å². The van der Waals surface area contributed by atoms with Gasteiger partial charge in [0.1, 0.15) is 23.1 Å². The van der Waals surface area contributed by atoms with Gasteiger partial charge >= 0.3 is 0 Å². The van der Waals surface area contributed by atoms with Gasteiger partial charge in [-0.1, -0.05) is 48.0 Å². The van der Waals surface area contributed by atoms with Gasteiger partial charge in [0.25, 0.3) is 0 Å². The number of rotatable bonds is 4. The number of hydrogen-bond acceptors (Lipinski definition) is 3. The molecule has 0 radical (unpaired) electrons. The van der Waals surface area contributed by atoms with E-state index in [2.05, 4.69) is 0 Å². The maximum absolute atomic E-state index is 14.1. The Bertz CT molecular complexity index is 1070. The van der Waals surface area contributed by atoms with E-state index in [0.717, 1.165) is 5.56 Å². The minimum atomic E-state index is -0.965. The fourth-order valence-electron chi connectivity index (χ4n) is 3.80. The van der Waals surface area contributed by atoms with Crippen molar-refractivity contribution in [2.75, 3.05) is 0 Å². The van der Waals surface area contributed by atoms with Crippen LogP contribution in [-0.4, -0.2) is 11.6 Å². The van der Waals surface area contributed by atoms with Gasteiger partial charge in [0.2, 0.25) is 0 Å². The average Bonchev–Trinajstić information content (AvgIpc) is 2.68. The zero-order valence-electron chi connectivity index (χ0n) is 15.6. The molecule has 0 aromatic heterocycles. The van der Waals surface area contributed by atoms with Gasteiger partial charge in [-0.3, -0.25) is 9.59 Å². The summed E-state index contributed by atoms with van der Waals surface area (Å²) in [7, 11) is 0. The Morgan fingerprint density at radius 2 is 1.61 bits per heavy atom. The monoisotopic (exact) mass is 374 g/mol. The Hall–Kier alpha value is -3.27. The normalized spacial score (nSPS) is 15.8. The summed E-state index contributed by atoms with van der Waals surface area (Å²) in [5.41, 5.74) is 2.72. The van der Waals surface area contributed by atoms with E-state index in [-0.39, 0.29) is 11.6 Å². The Morgan fingerprint density at radius 3 is 2.32 bits per heavy atom. The number of hydrogen-bond donors (Lipinski definition) is 0. The predicted molar refractivity (Wildman–Crippen MR) is 104 cm³/mol. The van der Waals surface area contributed by atoms with E-state index >= 15 is 0 Å². The van der Waals surface area contributed by atoms with Crippen molar-refractivity contribution < 1.29 is 18.7 Å². The molecule has 2 atom stereocenters. The maximum Gasteiger partial charge on any atom is 0.174 e. The first kappa shape index (κ1) is 18.1. The van der Waals surface area contributed by atoms with Gasteiger partial charge in [-0.15, -0.1) is 0 Å². The van der Waals surface area contributed by atoms with Crippen molar-refractivity contribution in [2.45, 2.75) is 19.8 Å². The lowest BCUT2D eigenvalue weighted by atomic mass is 9.74. The third-order valence-electron chi connectivity index (χ3n) is 5.17. The van der Waals surface area contributed by atoms with Crippen molar-refractivity contribution >= 4 is 11.6 Å². The summed E-state index contributed by atoms with van der Waals surface area (Å²) in [6.07, 6.45) is 0. The smallest absolute Gasteiger partial charge is 0.174 e. The van der Waals surface area contributed by atoms with Crippen LogP contribution in [0, 0.1) is 18.7 Å². The third kappa shape index (κ3) is 3.11. The highest BCUT2D eigenvalue weighted by atomic mass is 19.1. The number of halogens is 1. The van der Waals surface area contributed by atoms with E-state index in [1.165, 1.54) is 19.1 Å². The molecule has 0 aliphatic carbocycles. The van der Waals surface area contributed by atoms with Crippen LogP contribution in [0.15, 0.2) is 66.7 Å². The SMILES string of the molecule is CC(=O)[C@@H](C(=O)c1ccc(C)cc1)[C@H]1c2ccccc2Oc2ccc(F)cc21. The van der Waals surface area contributed by atoms with Crippen LogP contribution < -0.4 is 4.74 Å². The van der Waals surface area contributed by atoms with Crippen LogP contribution in [0.5, 0.6) is 11.5 Å². The molecule has 0 bridgehead atoms. The fourth-order valence-corrected chi connectivity index (χ4v) is 3.80. The number of Topliss-reactive ketones (excluding diaryl/α,β-unsaturated/α-hetero) is 2. The summed E-state index contributed by atoms with van der Waals surface area (Å²) in [5, 5.41) is 0. The number of ether oxygens (including phenoxy) is 1. The number of carbonyl (C=O) groups excluding carboxylic acids is 2. The van der Waals surface area contributed by atoms with Crippen LogP contribution in [0.25, 0.3) is 0 Å². The molecule has 0 saturated heterocycles. The number of fused-ring (bicyclic) bond motifs is 2. The van der Waals surface area contributed by atoms with Crippen molar-refractivity contribution in [3.05, 3.63) is 94.8 Å². The summed E-state index contributed by atoms with van der Waals surface area (Å²) < 4.78 is 20.0. The molecule has 28 heavy (non-hydrogen) atoms. The number of aryl methyl sites for hydroxylation is 1. The van der Waals surface area contributed by atoms with E-state index in [1.807, 2.05) is 37.3 Å². The molecular weight excluding hydrogens is 355 g/mol. The van der Waals surface area contributed by atoms with Crippen LogP contribution in [0.3, 0.4) is 0 Å². The second kappa shape index (κ2) is 7.04. The van der Waals surface area contributed by atoms with Gasteiger partial charge < -0.3 is 4.74 Å². The van der Waals surface area contributed by atoms with Crippen molar-refractivity contribution in [3.8, 4) is 11.5 Å². The molecule has 140 valence electrons. The Morgan fingerprint density at radius 1 is 0.929 bits per heavy atom. The minimum absolute atomic E-state index is 0.262. The molecule has 4 rings (SSSR count). The molecule has 1 heterocycles. The largest absolute Gasteiger partial charge is 0.457 e. The Balaban J connectivity index is 1.89. The summed E-state index contributed by atoms with van der Waals surface area (Å²) in [4.78, 5) is 26.0. The highest BCUT2D eigenvalue weighted by Crippen LogP contribution is 2.48. The number of benzene rings is 3. The lowest BCUT2D eigenvalue weighted by Crippen LogP contribution is -2.31. The van der Waals surface area contributed by atoms with E-state index in [4.69, 9.17) is 4.74 Å². The van der Waals surface area contributed by atoms with Crippen molar-refractivity contribution in [1.29, 1.82) is 0 Å². The van der Waals surface area contributed by atoms with Gasteiger partial charge in [-0.2, -0.15) is 0 Å². The zero-order valence-corrected chi connectivity index (χ0v) is 15.6. The van der Waals surface area contributed by atoms with Crippen LogP contribution >= 0.6 is 0 Å². The fraction of sp³-hybridized carbons (Fsp3) is 0.167. The van der Waals surface area contributed by atoms with Crippen LogP contribution in [0.4, 0.5) is 4.39 Å². The Kier molecular flexibility index (Phi) is 4.55. The first-order chi connectivity index (χ1) is 13.5. The molecule has 0 N–H and O–H groups in total. The molecule has 0 amide bonds. The highest BCUT2D eigenvalue weighted by Gasteiger charge is 2.40. The van der Waals surface area contributed by atoms with E-state index < -0.39 is 17.7 Å².